The maximum atomic E-state index is 3.54. The van der Waals surface area contributed by atoms with Gasteiger partial charge in [-0.3, -0.25) is 4.90 Å². The van der Waals surface area contributed by atoms with E-state index in [0.717, 1.165) is 6.54 Å². The average Bonchev–Trinajstić information content (AvgIpc) is 2.67. The van der Waals surface area contributed by atoms with Gasteiger partial charge in [0.15, 0.2) is 0 Å². The van der Waals surface area contributed by atoms with Crippen molar-refractivity contribution < 1.29 is 0 Å². The van der Waals surface area contributed by atoms with Gasteiger partial charge in [0, 0.05) is 18.6 Å². The number of hydrogen-bond acceptors (Lipinski definition) is 2. The van der Waals surface area contributed by atoms with Crippen molar-refractivity contribution in [2.75, 3.05) is 14.1 Å². The van der Waals surface area contributed by atoms with Crippen molar-refractivity contribution in [3.63, 3.8) is 0 Å². The third-order valence-electron chi connectivity index (χ3n) is 4.87. The lowest BCUT2D eigenvalue weighted by atomic mass is 9.86. The molecule has 1 aliphatic rings. The number of benzene rings is 1. The molecule has 2 atom stereocenters. The number of aryl methyl sites for hydroxylation is 1. The van der Waals surface area contributed by atoms with E-state index in [-0.39, 0.29) is 0 Å². The van der Waals surface area contributed by atoms with Gasteiger partial charge in [-0.25, -0.2) is 0 Å². The van der Waals surface area contributed by atoms with Gasteiger partial charge in [0.05, 0.1) is 0 Å². The fraction of sp³-hybridized carbons (Fsp3) is 0.647. The second-order valence-electron chi connectivity index (χ2n) is 6.70. The predicted octanol–water partition coefficient (Wildman–Crippen LogP) is 3.20. The molecule has 0 aliphatic heterocycles. The number of hydrogen-bond donors (Lipinski definition) is 1. The Kier molecular flexibility index (Phi) is 4.32. The van der Waals surface area contributed by atoms with Crippen LogP contribution in [0.2, 0.25) is 0 Å². The third-order valence-corrected chi connectivity index (χ3v) is 4.87. The second kappa shape index (κ2) is 5.64. The summed E-state index contributed by atoms with van der Waals surface area (Å²) in [6.07, 6.45) is 2.60. The molecule has 1 aromatic carbocycles. The van der Waals surface area contributed by atoms with E-state index >= 15 is 0 Å². The van der Waals surface area contributed by atoms with Crippen LogP contribution in [0, 0.1) is 12.3 Å². The van der Waals surface area contributed by atoms with Crippen LogP contribution >= 0.6 is 0 Å². The zero-order valence-corrected chi connectivity index (χ0v) is 13.0. The van der Waals surface area contributed by atoms with Crippen molar-refractivity contribution in [3.8, 4) is 0 Å². The van der Waals surface area contributed by atoms with E-state index in [1.165, 1.54) is 24.0 Å². The number of nitrogens with one attached hydrogen (secondary N) is 1. The summed E-state index contributed by atoms with van der Waals surface area (Å²) in [7, 11) is 4.37. The van der Waals surface area contributed by atoms with Gasteiger partial charge in [0.1, 0.15) is 0 Å². The van der Waals surface area contributed by atoms with E-state index in [0.29, 0.717) is 17.5 Å². The van der Waals surface area contributed by atoms with Gasteiger partial charge in [-0.1, -0.05) is 38.1 Å². The molecule has 0 radical (unpaired) electrons. The largest absolute Gasteiger partial charge is 0.315 e. The first kappa shape index (κ1) is 14.5. The van der Waals surface area contributed by atoms with Crippen molar-refractivity contribution in [1.29, 1.82) is 0 Å². The molecule has 19 heavy (non-hydrogen) atoms. The monoisotopic (exact) mass is 260 g/mol. The van der Waals surface area contributed by atoms with Crippen LogP contribution < -0.4 is 5.32 Å². The molecule has 0 heterocycles. The molecule has 2 unspecified atom stereocenters. The summed E-state index contributed by atoms with van der Waals surface area (Å²) in [4.78, 5) is 2.53. The second-order valence-corrected chi connectivity index (χ2v) is 6.70. The van der Waals surface area contributed by atoms with E-state index in [1.807, 2.05) is 0 Å². The summed E-state index contributed by atoms with van der Waals surface area (Å²) in [5.74, 6) is 0. The Bertz CT molecular complexity index is 425. The molecule has 2 heteroatoms. The molecular weight excluding hydrogens is 232 g/mol. The highest BCUT2D eigenvalue weighted by atomic mass is 15.2. The van der Waals surface area contributed by atoms with Gasteiger partial charge in [-0.05, 0) is 50.4 Å². The Morgan fingerprint density at radius 1 is 1.32 bits per heavy atom. The lowest BCUT2D eigenvalue weighted by Crippen LogP contribution is -2.49. The minimum absolute atomic E-state index is 0.402. The minimum Gasteiger partial charge on any atom is -0.315 e. The molecule has 0 spiro atoms. The van der Waals surface area contributed by atoms with Gasteiger partial charge < -0.3 is 5.32 Å². The maximum Gasteiger partial charge on any atom is 0.0271 e. The summed E-state index contributed by atoms with van der Waals surface area (Å²) >= 11 is 0. The maximum absolute atomic E-state index is 3.54. The Morgan fingerprint density at radius 2 is 2.00 bits per heavy atom. The molecule has 0 saturated heterocycles. The number of nitrogens with zero attached hydrogens (tertiary/aromatic N) is 1. The lowest BCUT2D eigenvalue weighted by molar-refractivity contribution is 0.171. The zero-order chi connectivity index (χ0) is 14.0. The zero-order valence-electron chi connectivity index (χ0n) is 13.0. The van der Waals surface area contributed by atoms with Crippen LogP contribution in [0.3, 0.4) is 0 Å². The Morgan fingerprint density at radius 3 is 2.63 bits per heavy atom. The van der Waals surface area contributed by atoms with Crippen molar-refractivity contribution in [2.24, 2.45) is 5.41 Å². The topological polar surface area (TPSA) is 15.3 Å². The van der Waals surface area contributed by atoms with Gasteiger partial charge in [0.25, 0.3) is 0 Å². The molecule has 1 N–H and O–H groups in total. The minimum atomic E-state index is 0.402. The molecule has 0 bridgehead atoms. The quantitative estimate of drug-likeness (QED) is 0.894. The Hall–Kier alpha value is -0.860. The fourth-order valence-corrected chi connectivity index (χ4v) is 3.59. The molecule has 0 amide bonds. The number of rotatable bonds is 4. The Balaban J connectivity index is 2.08. The molecular formula is C17H28N2. The molecule has 106 valence electrons. The SMILES string of the molecule is CNC1C(N(C)Cc2ccccc2C)CCC1(C)C. The first-order valence-electron chi connectivity index (χ1n) is 7.38. The molecule has 2 nitrogen and oxygen atoms in total. The van der Waals surface area contributed by atoms with E-state index < -0.39 is 0 Å². The first-order valence-corrected chi connectivity index (χ1v) is 7.38. The standard InChI is InChI=1S/C17H28N2/c1-13-8-6-7-9-14(13)12-19(5)15-10-11-17(2,3)16(15)18-4/h6-9,15-16,18H,10-12H2,1-5H3. The molecule has 2 rings (SSSR count). The van der Waals surface area contributed by atoms with Gasteiger partial charge in [-0.2, -0.15) is 0 Å². The van der Waals surface area contributed by atoms with Crippen LogP contribution in [0.15, 0.2) is 24.3 Å². The third kappa shape index (κ3) is 3.01. The van der Waals surface area contributed by atoms with Crippen LogP contribution in [0.5, 0.6) is 0 Å². The smallest absolute Gasteiger partial charge is 0.0271 e. The summed E-state index contributed by atoms with van der Waals surface area (Å²) < 4.78 is 0. The highest BCUT2D eigenvalue weighted by Gasteiger charge is 2.42. The summed E-state index contributed by atoms with van der Waals surface area (Å²) in [5.41, 5.74) is 3.25. The molecule has 0 aromatic heterocycles. The van der Waals surface area contributed by atoms with E-state index in [9.17, 15) is 0 Å². The van der Waals surface area contributed by atoms with Crippen LogP contribution in [-0.4, -0.2) is 31.1 Å². The van der Waals surface area contributed by atoms with Gasteiger partial charge >= 0.3 is 0 Å². The average molecular weight is 260 g/mol. The molecule has 1 aliphatic carbocycles. The Labute approximate surface area is 118 Å². The van der Waals surface area contributed by atoms with Gasteiger partial charge in [0.2, 0.25) is 0 Å². The van der Waals surface area contributed by atoms with Crippen LogP contribution in [0.1, 0.15) is 37.8 Å². The summed E-state index contributed by atoms with van der Waals surface area (Å²) in [6.45, 7) is 8.02. The molecule has 1 aromatic rings. The normalized spacial score (nSPS) is 26.0. The van der Waals surface area contributed by atoms with Crippen molar-refractivity contribution in [3.05, 3.63) is 35.4 Å². The van der Waals surface area contributed by atoms with Crippen LogP contribution in [-0.2, 0) is 6.54 Å². The van der Waals surface area contributed by atoms with E-state index in [1.54, 1.807) is 0 Å². The highest BCUT2D eigenvalue weighted by Crippen LogP contribution is 2.39. The van der Waals surface area contributed by atoms with E-state index in [2.05, 4.69) is 69.3 Å². The molecule has 1 saturated carbocycles. The van der Waals surface area contributed by atoms with E-state index in [4.69, 9.17) is 0 Å². The first-order chi connectivity index (χ1) is 8.95. The van der Waals surface area contributed by atoms with Crippen molar-refractivity contribution in [1.82, 2.24) is 10.2 Å². The summed E-state index contributed by atoms with van der Waals surface area (Å²) in [5, 5.41) is 3.54. The highest BCUT2D eigenvalue weighted by molar-refractivity contribution is 5.25. The molecule has 1 fully saturated rings. The van der Waals surface area contributed by atoms with Crippen molar-refractivity contribution >= 4 is 0 Å². The van der Waals surface area contributed by atoms with Gasteiger partial charge in [-0.15, -0.1) is 0 Å². The fourth-order valence-electron chi connectivity index (χ4n) is 3.59. The number of likely N-dealkylation sites (N-methyl/N-ethyl adjacent to an activating group) is 2. The summed E-state index contributed by atoms with van der Waals surface area (Å²) in [6, 6.07) is 9.94. The van der Waals surface area contributed by atoms with Crippen LogP contribution in [0.4, 0.5) is 0 Å². The lowest BCUT2D eigenvalue weighted by Gasteiger charge is -2.35. The van der Waals surface area contributed by atoms with Crippen LogP contribution in [0.25, 0.3) is 0 Å². The van der Waals surface area contributed by atoms with Crippen molar-refractivity contribution in [2.45, 2.75) is 52.2 Å². The predicted molar refractivity (Wildman–Crippen MR) is 82.3 cm³/mol.